The highest BCUT2D eigenvalue weighted by Gasteiger charge is 2.30. The van der Waals surface area contributed by atoms with Crippen molar-refractivity contribution < 1.29 is 14.7 Å². The number of amides is 1. The highest BCUT2D eigenvalue weighted by atomic mass is 16.4. The molecule has 1 aromatic heterocycles. The lowest BCUT2D eigenvalue weighted by atomic mass is 9.97. The Hall–Kier alpha value is -1.85. The van der Waals surface area contributed by atoms with E-state index < -0.39 is 11.9 Å². The van der Waals surface area contributed by atoms with E-state index in [0.717, 1.165) is 12.1 Å². The van der Waals surface area contributed by atoms with Crippen molar-refractivity contribution >= 4 is 11.9 Å². The van der Waals surface area contributed by atoms with Crippen LogP contribution in [0, 0.1) is 19.8 Å². The number of hydrogen-bond acceptors (Lipinski definition) is 3. The van der Waals surface area contributed by atoms with Gasteiger partial charge in [-0.1, -0.05) is 0 Å². The van der Waals surface area contributed by atoms with Crippen molar-refractivity contribution in [2.45, 2.75) is 26.7 Å². The van der Waals surface area contributed by atoms with E-state index in [4.69, 9.17) is 5.11 Å². The molecule has 0 radical (unpaired) electrons. The van der Waals surface area contributed by atoms with Crippen LogP contribution in [0.2, 0.25) is 0 Å². The van der Waals surface area contributed by atoms with Gasteiger partial charge in [-0.15, -0.1) is 0 Å². The van der Waals surface area contributed by atoms with Gasteiger partial charge in [0.05, 0.1) is 17.2 Å². The lowest BCUT2D eigenvalue weighted by Gasteiger charge is -2.30. The Morgan fingerprint density at radius 2 is 2.05 bits per heavy atom. The van der Waals surface area contributed by atoms with Crippen LogP contribution in [-0.4, -0.2) is 44.8 Å². The zero-order chi connectivity index (χ0) is 14.2. The van der Waals surface area contributed by atoms with Crippen molar-refractivity contribution in [2.75, 3.05) is 13.1 Å². The van der Waals surface area contributed by atoms with Gasteiger partial charge in [0.15, 0.2) is 0 Å². The van der Waals surface area contributed by atoms with E-state index in [9.17, 15) is 9.59 Å². The van der Waals surface area contributed by atoms with Crippen LogP contribution in [-0.2, 0) is 11.8 Å². The maximum Gasteiger partial charge on any atom is 0.308 e. The molecule has 104 valence electrons. The Labute approximate surface area is 112 Å². The molecule has 6 nitrogen and oxygen atoms in total. The molecule has 6 heteroatoms. The van der Waals surface area contributed by atoms with Crippen LogP contribution in [0.1, 0.15) is 34.6 Å². The van der Waals surface area contributed by atoms with E-state index in [-0.39, 0.29) is 5.91 Å². The number of aromatic nitrogens is 2. The molecule has 0 spiro atoms. The van der Waals surface area contributed by atoms with Gasteiger partial charge in [0, 0.05) is 25.8 Å². The van der Waals surface area contributed by atoms with Crippen LogP contribution < -0.4 is 0 Å². The Morgan fingerprint density at radius 3 is 2.58 bits per heavy atom. The second-order valence-corrected chi connectivity index (χ2v) is 5.10. The van der Waals surface area contributed by atoms with Crippen LogP contribution in [0.25, 0.3) is 0 Å². The topological polar surface area (TPSA) is 75.4 Å². The lowest BCUT2D eigenvalue weighted by Crippen LogP contribution is -2.42. The fraction of sp³-hybridized carbons (Fsp3) is 0.615. The summed E-state index contributed by atoms with van der Waals surface area (Å²) in [5, 5.41) is 13.3. The summed E-state index contributed by atoms with van der Waals surface area (Å²) in [5.41, 5.74) is 2.12. The number of carboxylic acids is 1. The van der Waals surface area contributed by atoms with E-state index in [0.29, 0.717) is 30.8 Å². The predicted octanol–water partition coefficient (Wildman–Crippen LogP) is 0.974. The number of carbonyl (C=O) groups is 2. The molecule has 19 heavy (non-hydrogen) atoms. The van der Waals surface area contributed by atoms with Crippen molar-refractivity contribution in [1.29, 1.82) is 0 Å². The first kappa shape index (κ1) is 13.6. The van der Waals surface area contributed by atoms with E-state index in [1.165, 1.54) is 0 Å². The molecule has 1 aliphatic heterocycles. The van der Waals surface area contributed by atoms with Gasteiger partial charge in [-0.05, 0) is 26.7 Å². The van der Waals surface area contributed by atoms with Gasteiger partial charge in [0.2, 0.25) is 0 Å². The molecule has 2 rings (SSSR count). The number of piperidine rings is 1. The number of likely N-dealkylation sites (tertiary alicyclic amines) is 1. The summed E-state index contributed by atoms with van der Waals surface area (Å²) in [5.74, 6) is -1.37. The minimum atomic E-state index is -0.822. The highest BCUT2D eigenvalue weighted by Crippen LogP contribution is 2.21. The van der Waals surface area contributed by atoms with Gasteiger partial charge >= 0.3 is 5.97 Å². The van der Waals surface area contributed by atoms with Crippen molar-refractivity contribution in [3.63, 3.8) is 0 Å². The van der Waals surface area contributed by atoms with Gasteiger partial charge < -0.3 is 10.0 Å². The van der Waals surface area contributed by atoms with Gasteiger partial charge in [0.1, 0.15) is 0 Å². The number of aryl methyl sites for hydroxylation is 2. The Balaban J connectivity index is 2.22. The van der Waals surface area contributed by atoms with Gasteiger partial charge in [-0.25, -0.2) is 0 Å². The first-order valence-electron chi connectivity index (χ1n) is 6.44. The fourth-order valence-corrected chi connectivity index (χ4v) is 2.60. The standard InChI is InChI=1S/C13H19N3O3/c1-8-11(9(2)15(3)14-8)12(17)16-6-4-5-10(7-16)13(18)19/h10H,4-7H2,1-3H3,(H,18,19)/t10-/m1/s1. The molecule has 1 atom stereocenters. The van der Waals surface area contributed by atoms with Crippen molar-refractivity contribution in [2.24, 2.45) is 13.0 Å². The average Bonchev–Trinajstić information content (AvgIpc) is 2.62. The molecule has 1 aliphatic rings. The Kier molecular flexibility index (Phi) is 3.59. The molecule has 0 aliphatic carbocycles. The van der Waals surface area contributed by atoms with Crippen molar-refractivity contribution in [1.82, 2.24) is 14.7 Å². The quantitative estimate of drug-likeness (QED) is 0.864. The molecule has 1 N–H and O–H groups in total. The number of carboxylic acid groups (broad SMARTS) is 1. The van der Waals surface area contributed by atoms with E-state index in [1.54, 1.807) is 23.6 Å². The maximum absolute atomic E-state index is 12.5. The van der Waals surface area contributed by atoms with Crippen LogP contribution in [0.4, 0.5) is 0 Å². The third-order valence-electron chi connectivity index (χ3n) is 3.78. The molecule has 0 saturated carbocycles. The van der Waals surface area contributed by atoms with Gasteiger partial charge in [-0.3, -0.25) is 14.3 Å². The maximum atomic E-state index is 12.5. The molecular formula is C13H19N3O3. The summed E-state index contributed by atoms with van der Waals surface area (Å²) in [4.78, 5) is 25.2. The van der Waals surface area contributed by atoms with Crippen molar-refractivity contribution in [3.8, 4) is 0 Å². The zero-order valence-corrected chi connectivity index (χ0v) is 11.5. The summed E-state index contributed by atoms with van der Waals surface area (Å²) in [6, 6.07) is 0. The van der Waals surface area contributed by atoms with E-state index in [1.807, 2.05) is 6.92 Å². The molecule has 0 aromatic carbocycles. The molecule has 0 bridgehead atoms. The van der Waals surface area contributed by atoms with Gasteiger partial charge in [-0.2, -0.15) is 5.10 Å². The second kappa shape index (κ2) is 5.03. The van der Waals surface area contributed by atoms with Crippen LogP contribution in [0.3, 0.4) is 0 Å². The molecule has 1 fully saturated rings. The smallest absolute Gasteiger partial charge is 0.308 e. The number of aliphatic carboxylic acids is 1. The summed E-state index contributed by atoms with van der Waals surface area (Å²) in [6.45, 7) is 4.57. The first-order valence-corrected chi connectivity index (χ1v) is 6.44. The van der Waals surface area contributed by atoms with Crippen LogP contribution in [0.15, 0.2) is 0 Å². The third kappa shape index (κ3) is 2.47. The number of carbonyl (C=O) groups excluding carboxylic acids is 1. The Bertz CT molecular complexity index is 521. The van der Waals surface area contributed by atoms with Crippen LogP contribution >= 0.6 is 0 Å². The van der Waals surface area contributed by atoms with Crippen LogP contribution in [0.5, 0.6) is 0 Å². The number of rotatable bonds is 2. The average molecular weight is 265 g/mol. The molecule has 1 amide bonds. The summed E-state index contributed by atoms with van der Waals surface area (Å²) in [7, 11) is 1.80. The third-order valence-corrected chi connectivity index (χ3v) is 3.78. The SMILES string of the molecule is Cc1nn(C)c(C)c1C(=O)N1CCC[C@@H](C(=O)O)C1. The first-order chi connectivity index (χ1) is 8.91. The summed E-state index contributed by atoms with van der Waals surface area (Å²) < 4.78 is 1.68. The highest BCUT2D eigenvalue weighted by molar-refractivity contribution is 5.96. The monoisotopic (exact) mass is 265 g/mol. The molecule has 1 saturated heterocycles. The largest absolute Gasteiger partial charge is 0.481 e. The second-order valence-electron chi connectivity index (χ2n) is 5.10. The van der Waals surface area contributed by atoms with Crippen molar-refractivity contribution in [3.05, 3.63) is 17.0 Å². The normalized spacial score (nSPS) is 19.5. The predicted molar refractivity (Wildman–Crippen MR) is 68.9 cm³/mol. The van der Waals surface area contributed by atoms with Gasteiger partial charge in [0.25, 0.3) is 5.91 Å². The number of hydrogen-bond donors (Lipinski definition) is 1. The fourth-order valence-electron chi connectivity index (χ4n) is 2.60. The molecule has 1 aromatic rings. The van der Waals surface area contributed by atoms with E-state index >= 15 is 0 Å². The molecular weight excluding hydrogens is 246 g/mol. The molecule has 0 unspecified atom stereocenters. The van der Waals surface area contributed by atoms with E-state index in [2.05, 4.69) is 5.10 Å². The number of nitrogens with zero attached hydrogens (tertiary/aromatic N) is 3. The minimum absolute atomic E-state index is 0.103. The molecule has 2 heterocycles. The zero-order valence-electron chi connectivity index (χ0n) is 11.5. The lowest BCUT2D eigenvalue weighted by molar-refractivity contribution is -0.143. The minimum Gasteiger partial charge on any atom is -0.481 e. The summed E-state index contributed by atoms with van der Waals surface area (Å²) >= 11 is 0. The Morgan fingerprint density at radius 1 is 1.37 bits per heavy atom. The summed E-state index contributed by atoms with van der Waals surface area (Å²) in [6.07, 6.45) is 1.38.